The van der Waals surface area contributed by atoms with Crippen molar-refractivity contribution in [1.82, 2.24) is 15.2 Å². The van der Waals surface area contributed by atoms with E-state index in [0.29, 0.717) is 0 Å². The van der Waals surface area contributed by atoms with Crippen molar-refractivity contribution in [1.29, 1.82) is 0 Å². The Hall–Kier alpha value is -2.95. The number of rotatable bonds is 5. The Kier molecular flexibility index (Phi) is 5.80. The molecule has 146 valence electrons. The number of fused-ring (bicyclic) bond motifs is 1. The van der Waals surface area contributed by atoms with Gasteiger partial charge in [0.05, 0.1) is 0 Å². The zero-order valence-corrected chi connectivity index (χ0v) is 16.4. The Labute approximate surface area is 166 Å². The van der Waals surface area contributed by atoms with E-state index in [1.807, 2.05) is 37.4 Å². The smallest absolute Gasteiger partial charge is 0.193 e. The molecule has 0 aliphatic carbocycles. The fraction of sp³-hybridized carbons (Fsp3) is 0.348. The predicted octanol–water partition coefficient (Wildman–Crippen LogP) is 3.83. The van der Waals surface area contributed by atoms with Gasteiger partial charge >= 0.3 is 0 Å². The van der Waals surface area contributed by atoms with Gasteiger partial charge in [-0.15, -0.1) is 0 Å². The second-order valence-corrected chi connectivity index (χ2v) is 7.22. The first kappa shape index (κ1) is 18.4. The molecule has 1 saturated heterocycles. The summed E-state index contributed by atoms with van der Waals surface area (Å²) in [6.07, 6.45) is 3.25. The van der Waals surface area contributed by atoms with Gasteiger partial charge in [-0.2, -0.15) is 0 Å². The van der Waals surface area contributed by atoms with Crippen molar-refractivity contribution in [3.05, 3.63) is 66.4 Å². The van der Waals surface area contributed by atoms with E-state index in [1.165, 1.54) is 16.6 Å². The molecule has 0 bridgehead atoms. The number of nitrogens with zero attached hydrogens (tertiary/aromatic N) is 2. The normalized spacial score (nSPS) is 15.8. The van der Waals surface area contributed by atoms with Crippen LogP contribution in [-0.4, -0.2) is 48.6 Å². The van der Waals surface area contributed by atoms with Gasteiger partial charge in [0.25, 0.3) is 0 Å². The van der Waals surface area contributed by atoms with Crippen LogP contribution in [-0.2, 0) is 6.42 Å². The van der Waals surface area contributed by atoms with Crippen LogP contribution in [0.3, 0.4) is 0 Å². The number of guanidine groups is 1. The number of hydrogen-bond donors (Lipinski definition) is 2. The van der Waals surface area contributed by atoms with Crippen molar-refractivity contribution in [2.45, 2.75) is 25.4 Å². The molecule has 2 heterocycles. The third-order valence-electron chi connectivity index (χ3n) is 5.26. The van der Waals surface area contributed by atoms with Crippen LogP contribution in [0.5, 0.6) is 5.75 Å². The van der Waals surface area contributed by atoms with E-state index >= 15 is 0 Å². The minimum Gasteiger partial charge on any atom is -0.490 e. The van der Waals surface area contributed by atoms with Crippen LogP contribution in [0.2, 0.25) is 0 Å². The lowest BCUT2D eigenvalue weighted by molar-refractivity contribution is 0.129. The van der Waals surface area contributed by atoms with Crippen molar-refractivity contribution in [2.75, 3.05) is 26.7 Å². The summed E-state index contributed by atoms with van der Waals surface area (Å²) in [5, 5.41) is 4.78. The first-order chi connectivity index (χ1) is 13.8. The first-order valence-electron chi connectivity index (χ1n) is 10.1. The van der Waals surface area contributed by atoms with Crippen molar-refractivity contribution in [3.8, 4) is 5.75 Å². The third kappa shape index (κ3) is 4.47. The number of ether oxygens (including phenoxy) is 1. The lowest BCUT2D eigenvalue weighted by Gasteiger charge is -2.34. The molecule has 0 radical (unpaired) electrons. The number of benzene rings is 2. The monoisotopic (exact) mass is 376 g/mol. The van der Waals surface area contributed by atoms with Crippen LogP contribution >= 0.6 is 0 Å². The van der Waals surface area contributed by atoms with E-state index in [9.17, 15) is 0 Å². The van der Waals surface area contributed by atoms with Crippen molar-refractivity contribution in [3.63, 3.8) is 0 Å². The highest BCUT2D eigenvalue weighted by atomic mass is 16.5. The molecule has 0 saturated carbocycles. The SMILES string of the molecule is CN=C(NCCc1cc2ccccc2[nH]1)N1CCC(Oc2ccccc2)CC1. The molecule has 28 heavy (non-hydrogen) atoms. The number of aromatic amines is 1. The summed E-state index contributed by atoms with van der Waals surface area (Å²) in [5.41, 5.74) is 2.45. The number of aliphatic imine (C=N–C) groups is 1. The zero-order valence-electron chi connectivity index (χ0n) is 16.4. The number of hydrogen-bond acceptors (Lipinski definition) is 2. The maximum atomic E-state index is 6.09. The average molecular weight is 377 g/mol. The number of likely N-dealkylation sites (tertiary alicyclic amines) is 1. The molecule has 0 atom stereocenters. The second kappa shape index (κ2) is 8.83. The lowest BCUT2D eigenvalue weighted by atomic mass is 10.1. The largest absolute Gasteiger partial charge is 0.490 e. The molecule has 2 aromatic carbocycles. The second-order valence-electron chi connectivity index (χ2n) is 7.22. The van der Waals surface area contributed by atoms with Gasteiger partial charge in [0.15, 0.2) is 5.96 Å². The summed E-state index contributed by atoms with van der Waals surface area (Å²) >= 11 is 0. The van der Waals surface area contributed by atoms with Gasteiger partial charge in [-0.05, 0) is 29.7 Å². The van der Waals surface area contributed by atoms with Gasteiger partial charge in [-0.3, -0.25) is 4.99 Å². The highest BCUT2D eigenvalue weighted by molar-refractivity contribution is 5.81. The summed E-state index contributed by atoms with van der Waals surface area (Å²) in [5.74, 6) is 1.94. The zero-order chi connectivity index (χ0) is 19.2. The quantitative estimate of drug-likeness (QED) is 0.526. The van der Waals surface area contributed by atoms with Crippen LogP contribution in [0.25, 0.3) is 10.9 Å². The maximum Gasteiger partial charge on any atom is 0.193 e. The summed E-state index contributed by atoms with van der Waals surface area (Å²) in [7, 11) is 1.86. The molecular formula is C23H28N4O. The molecular weight excluding hydrogens is 348 g/mol. The number of piperidine rings is 1. The van der Waals surface area contributed by atoms with Gasteiger partial charge in [-0.25, -0.2) is 0 Å². The van der Waals surface area contributed by atoms with Crippen molar-refractivity contribution < 1.29 is 4.74 Å². The van der Waals surface area contributed by atoms with Gasteiger partial charge in [0.2, 0.25) is 0 Å². The number of nitrogens with one attached hydrogen (secondary N) is 2. The van der Waals surface area contributed by atoms with Crippen LogP contribution < -0.4 is 10.1 Å². The molecule has 5 heteroatoms. The number of H-pyrrole nitrogens is 1. The van der Waals surface area contributed by atoms with Crippen molar-refractivity contribution in [2.24, 2.45) is 4.99 Å². The molecule has 5 nitrogen and oxygen atoms in total. The van der Waals surface area contributed by atoms with Crippen LogP contribution in [0.15, 0.2) is 65.7 Å². The molecule has 4 rings (SSSR count). The Bertz CT molecular complexity index is 878. The van der Waals surface area contributed by atoms with Crippen LogP contribution in [0, 0.1) is 0 Å². The van der Waals surface area contributed by atoms with E-state index < -0.39 is 0 Å². The number of aromatic nitrogens is 1. The molecule has 0 unspecified atom stereocenters. The molecule has 2 N–H and O–H groups in total. The lowest BCUT2D eigenvalue weighted by Crippen LogP contribution is -2.47. The molecule has 1 aliphatic heterocycles. The van der Waals surface area contributed by atoms with Gasteiger partial charge in [0.1, 0.15) is 11.9 Å². The van der Waals surface area contributed by atoms with Gasteiger partial charge < -0.3 is 19.9 Å². The minimum absolute atomic E-state index is 0.281. The minimum atomic E-state index is 0.281. The number of para-hydroxylation sites is 2. The average Bonchev–Trinajstić information content (AvgIpc) is 3.16. The molecule has 1 aliphatic rings. The van der Waals surface area contributed by atoms with Crippen molar-refractivity contribution >= 4 is 16.9 Å². The maximum absolute atomic E-state index is 6.09. The fourth-order valence-corrected chi connectivity index (χ4v) is 3.79. The van der Waals surface area contributed by atoms with E-state index in [2.05, 4.69) is 50.5 Å². The van der Waals surface area contributed by atoms with E-state index in [4.69, 9.17) is 4.74 Å². The molecule has 1 aromatic heterocycles. The summed E-state index contributed by atoms with van der Waals surface area (Å²) in [4.78, 5) is 10.3. The third-order valence-corrected chi connectivity index (χ3v) is 5.26. The van der Waals surface area contributed by atoms with Crippen LogP contribution in [0.4, 0.5) is 0 Å². The molecule has 0 amide bonds. The topological polar surface area (TPSA) is 52.7 Å². The fourth-order valence-electron chi connectivity index (χ4n) is 3.79. The van der Waals surface area contributed by atoms with Gasteiger partial charge in [0, 0.05) is 57.2 Å². The van der Waals surface area contributed by atoms with E-state index in [-0.39, 0.29) is 6.10 Å². The van der Waals surface area contributed by atoms with Crippen LogP contribution in [0.1, 0.15) is 18.5 Å². The highest BCUT2D eigenvalue weighted by Crippen LogP contribution is 2.19. The Balaban J connectivity index is 1.24. The standard InChI is InChI=1S/C23H28N4O/c1-24-23(25-14-11-19-17-18-7-5-6-10-22(18)26-19)27-15-12-21(13-16-27)28-20-8-3-2-4-9-20/h2-10,17,21,26H,11-16H2,1H3,(H,24,25). The summed E-state index contributed by atoms with van der Waals surface area (Å²) in [6.45, 7) is 2.78. The first-order valence-corrected chi connectivity index (χ1v) is 10.1. The molecule has 0 spiro atoms. The molecule has 3 aromatic rings. The Morgan fingerprint density at radius 1 is 1.11 bits per heavy atom. The summed E-state index contributed by atoms with van der Waals surface area (Å²) in [6, 6.07) is 20.7. The summed E-state index contributed by atoms with van der Waals surface area (Å²) < 4.78 is 6.09. The Morgan fingerprint density at radius 2 is 1.86 bits per heavy atom. The highest BCUT2D eigenvalue weighted by Gasteiger charge is 2.22. The van der Waals surface area contributed by atoms with E-state index in [0.717, 1.165) is 50.6 Å². The van der Waals surface area contributed by atoms with E-state index in [1.54, 1.807) is 0 Å². The predicted molar refractivity (Wildman–Crippen MR) is 115 cm³/mol. The molecule has 1 fully saturated rings. The van der Waals surface area contributed by atoms with Gasteiger partial charge in [-0.1, -0.05) is 36.4 Å². The Morgan fingerprint density at radius 3 is 2.61 bits per heavy atom.